The van der Waals surface area contributed by atoms with Crippen LogP contribution in [0, 0.1) is 5.92 Å². The van der Waals surface area contributed by atoms with Crippen LogP contribution in [0.3, 0.4) is 0 Å². The topological polar surface area (TPSA) is 62.3 Å². The molecule has 1 saturated heterocycles. The van der Waals surface area contributed by atoms with Crippen molar-refractivity contribution in [1.29, 1.82) is 0 Å². The second kappa shape index (κ2) is 6.31. The zero-order chi connectivity index (χ0) is 13.7. The van der Waals surface area contributed by atoms with Gasteiger partial charge in [-0.2, -0.15) is 0 Å². The minimum Gasteiger partial charge on any atom is -0.371 e. The summed E-state index contributed by atoms with van der Waals surface area (Å²) in [5.74, 6) is 0.0353. The Morgan fingerprint density at radius 2 is 2.26 bits per heavy atom. The molecule has 2 rings (SSSR count). The Bertz CT molecular complexity index is 454. The average Bonchev–Trinajstić information content (AvgIpc) is 2.48. The van der Waals surface area contributed by atoms with Crippen molar-refractivity contribution < 1.29 is 9.59 Å². The number of carbonyl (C=O) groups is 2. The van der Waals surface area contributed by atoms with Crippen molar-refractivity contribution in [2.24, 2.45) is 5.92 Å². The molecule has 0 bridgehead atoms. The van der Waals surface area contributed by atoms with Crippen molar-refractivity contribution in [3.8, 4) is 0 Å². The molecule has 1 amide bonds. The summed E-state index contributed by atoms with van der Waals surface area (Å²) in [6.45, 7) is 4.17. The minimum atomic E-state index is -0.146. The normalized spacial score (nSPS) is 16.2. The fourth-order valence-electron chi connectivity index (χ4n) is 2.29. The molecule has 1 fully saturated rings. The fraction of sp³-hybridized carbons (Fsp3) is 0.500. The van der Waals surface area contributed by atoms with Crippen LogP contribution in [-0.4, -0.2) is 36.8 Å². The van der Waals surface area contributed by atoms with Gasteiger partial charge in [-0.05, 0) is 31.9 Å². The number of pyridine rings is 1. The number of aldehydes is 1. The lowest BCUT2D eigenvalue weighted by molar-refractivity contribution is -0.111. The van der Waals surface area contributed by atoms with Gasteiger partial charge < -0.3 is 15.0 Å². The number of amides is 1. The Kier molecular flexibility index (Phi) is 4.49. The summed E-state index contributed by atoms with van der Waals surface area (Å²) in [5, 5.41) is 2.74. The van der Waals surface area contributed by atoms with Crippen LogP contribution in [-0.2, 0) is 4.79 Å². The molecule has 1 aliphatic rings. The summed E-state index contributed by atoms with van der Waals surface area (Å²) in [5.41, 5.74) is 1.44. The van der Waals surface area contributed by atoms with Crippen molar-refractivity contribution in [3.05, 3.63) is 24.0 Å². The van der Waals surface area contributed by atoms with Crippen LogP contribution in [0.15, 0.2) is 18.3 Å². The van der Waals surface area contributed by atoms with E-state index in [1.54, 1.807) is 6.20 Å². The van der Waals surface area contributed by atoms with E-state index < -0.39 is 0 Å². The molecule has 0 radical (unpaired) electrons. The van der Waals surface area contributed by atoms with Gasteiger partial charge in [0.2, 0.25) is 0 Å². The molecule has 0 unspecified atom stereocenters. The van der Waals surface area contributed by atoms with E-state index in [4.69, 9.17) is 0 Å². The van der Waals surface area contributed by atoms with Crippen LogP contribution >= 0.6 is 0 Å². The van der Waals surface area contributed by atoms with Gasteiger partial charge in [0, 0.05) is 37.4 Å². The average molecular weight is 261 g/mol. The van der Waals surface area contributed by atoms with E-state index >= 15 is 0 Å². The largest absolute Gasteiger partial charge is 0.371 e. The van der Waals surface area contributed by atoms with E-state index in [-0.39, 0.29) is 11.8 Å². The van der Waals surface area contributed by atoms with Gasteiger partial charge in [-0.1, -0.05) is 0 Å². The zero-order valence-electron chi connectivity index (χ0n) is 11.1. The lowest BCUT2D eigenvalue weighted by Gasteiger charge is -2.31. The minimum absolute atomic E-state index is 0.146. The number of nitrogens with one attached hydrogen (secondary N) is 1. The second-order valence-electron chi connectivity index (χ2n) is 4.72. The molecule has 0 spiro atoms. The summed E-state index contributed by atoms with van der Waals surface area (Å²) in [6.07, 6.45) is 4.46. The maximum absolute atomic E-state index is 11.7. The third-order valence-corrected chi connectivity index (χ3v) is 3.41. The number of aromatic nitrogens is 1. The third-order valence-electron chi connectivity index (χ3n) is 3.41. The third kappa shape index (κ3) is 3.30. The molecule has 102 valence electrons. The smallest absolute Gasteiger partial charge is 0.269 e. The quantitative estimate of drug-likeness (QED) is 0.828. The van der Waals surface area contributed by atoms with Gasteiger partial charge in [0.25, 0.3) is 5.91 Å². The van der Waals surface area contributed by atoms with Gasteiger partial charge in [0.05, 0.1) is 0 Å². The standard InChI is InChI=1S/C14H19N3O2/c1-2-15-14(19)13-9-12(3-6-16-13)17-7-4-11(10-18)5-8-17/h3,6,9-11H,2,4-5,7-8H2,1H3,(H,15,19). The zero-order valence-corrected chi connectivity index (χ0v) is 11.1. The highest BCUT2D eigenvalue weighted by Gasteiger charge is 2.19. The molecule has 0 aromatic carbocycles. The predicted octanol–water partition coefficient (Wildman–Crippen LogP) is 1.25. The molecule has 1 aromatic rings. The summed E-state index contributed by atoms with van der Waals surface area (Å²) in [6, 6.07) is 3.72. The Balaban J connectivity index is 2.07. The molecular formula is C14H19N3O2. The molecule has 1 aliphatic heterocycles. The van der Waals surface area contributed by atoms with Crippen molar-refractivity contribution in [2.45, 2.75) is 19.8 Å². The van der Waals surface area contributed by atoms with Crippen LogP contribution in [0.25, 0.3) is 0 Å². The van der Waals surface area contributed by atoms with Gasteiger partial charge >= 0.3 is 0 Å². The summed E-state index contributed by atoms with van der Waals surface area (Å²) in [4.78, 5) is 28.8. The Labute approximate surface area is 113 Å². The van der Waals surface area contributed by atoms with E-state index in [0.29, 0.717) is 12.2 Å². The van der Waals surface area contributed by atoms with Gasteiger partial charge in [-0.3, -0.25) is 9.78 Å². The molecule has 0 atom stereocenters. The molecular weight excluding hydrogens is 242 g/mol. The number of hydrogen-bond donors (Lipinski definition) is 1. The van der Waals surface area contributed by atoms with Crippen LogP contribution in [0.5, 0.6) is 0 Å². The van der Waals surface area contributed by atoms with Crippen molar-refractivity contribution in [1.82, 2.24) is 10.3 Å². The molecule has 0 aliphatic carbocycles. The number of anilines is 1. The van der Waals surface area contributed by atoms with Gasteiger partial charge in [-0.15, -0.1) is 0 Å². The van der Waals surface area contributed by atoms with Gasteiger partial charge in [-0.25, -0.2) is 0 Å². The number of rotatable bonds is 4. The number of nitrogens with zero attached hydrogens (tertiary/aromatic N) is 2. The highest BCUT2D eigenvalue weighted by Crippen LogP contribution is 2.22. The number of carbonyl (C=O) groups excluding carboxylic acids is 2. The lowest BCUT2D eigenvalue weighted by atomic mass is 9.98. The Morgan fingerprint density at radius 3 is 2.89 bits per heavy atom. The highest BCUT2D eigenvalue weighted by atomic mass is 16.1. The first-order valence-electron chi connectivity index (χ1n) is 6.69. The Hall–Kier alpha value is -1.91. The fourth-order valence-corrected chi connectivity index (χ4v) is 2.29. The first kappa shape index (κ1) is 13.5. The SMILES string of the molecule is CCNC(=O)c1cc(N2CCC(C=O)CC2)ccn1. The van der Waals surface area contributed by atoms with Crippen LogP contribution in [0.2, 0.25) is 0 Å². The van der Waals surface area contributed by atoms with Crippen molar-refractivity contribution >= 4 is 17.9 Å². The molecule has 2 heterocycles. The summed E-state index contributed by atoms with van der Waals surface area (Å²) >= 11 is 0. The first-order valence-corrected chi connectivity index (χ1v) is 6.69. The van der Waals surface area contributed by atoms with E-state index in [1.807, 2.05) is 19.1 Å². The number of hydrogen-bond acceptors (Lipinski definition) is 4. The molecule has 5 nitrogen and oxygen atoms in total. The Morgan fingerprint density at radius 1 is 1.53 bits per heavy atom. The van der Waals surface area contributed by atoms with E-state index in [1.165, 1.54) is 0 Å². The summed E-state index contributed by atoms with van der Waals surface area (Å²) < 4.78 is 0. The van der Waals surface area contributed by atoms with Crippen LogP contribution < -0.4 is 10.2 Å². The van der Waals surface area contributed by atoms with Gasteiger partial charge in [0.15, 0.2) is 0 Å². The molecule has 19 heavy (non-hydrogen) atoms. The molecule has 1 aromatic heterocycles. The highest BCUT2D eigenvalue weighted by molar-refractivity contribution is 5.93. The van der Waals surface area contributed by atoms with Crippen LogP contribution in [0.1, 0.15) is 30.3 Å². The monoisotopic (exact) mass is 261 g/mol. The first-order chi connectivity index (χ1) is 9.24. The maximum Gasteiger partial charge on any atom is 0.269 e. The van der Waals surface area contributed by atoms with E-state index in [0.717, 1.165) is 37.9 Å². The summed E-state index contributed by atoms with van der Waals surface area (Å²) in [7, 11) is 0. The van der Waals surface area contributed by atoms with Crippen LogP contribution in [0.4, 0.5) is 5.69 Å². The van der Waals surface area contributed by atoms with Crippen molar-refractivity contribution in [2.75, 3.05) is 24.5 Å². The van der Waals surface area contributed by atoms with E-state index in [2.05, 4.69) is 15.2 Å². The van der Waals surface area contributed by atoms with Crippen molar-refractivity contribution in [3.63, 3.8) is 0 Å². The second-order valence-corrected chi connectivity index (χ2v) is 4.72. The molecule has 5 heteroatoms. The maximum atomic E-state index is 11.7. The van der Waals surface area contributed by atoms with E-state index in [9.17, 15) is 9.59 Å². The molecule has 0 saturated carbocycles. The lowest BCUT2D eigenvalue weighted by Crippen LogP contribution is -2.34. The number of piperidine rings is 1. The molecule has 1 N–H and O–H groups in total. The predicted molar refractivity (Wildman–Crippen MR) is 73.2 cm³/mol. The van der Waals surface area contributed by atoms with Gasteiger partial charge in [0.1, 0.15) is 12.0 Å².